The zero-order chi connectivity index (χ0) is 20.8. The first-order valence-electron chi connectivity index (χ1n) is 9.11. The van der Waals surface area contributed by atoms with Crippen LogP contribution < -0.4 is 15.6 Å². The fourth-order valence-corrected chi connectivity index (χ4v) is 3.69. The van der Waals surface area contributed by atoms with E-state index in [9.17, 15) is 14.4 Å². The first kappa shape index (κ1) is 21.1. The topological polar surface area (TPSA) is 91.0 Å². The number of carbonyl (C=O) groups is 3. The molecule has 0 atom stereocenters. The Morgan fingerprint density at radius 3 is 2.62 bits per heavy atom. The van der Waals surface area contributed by atoms with Gasteiger partial charge in [0.15, 0.2) is 0 Å². The van der Waals surface area contributed by atoms with Gasteiger partial charge in [0.2, 0.25) is 0 Å². The number of thiophene rings is 1. The maximum atomic E-state index is 12.6. The third-order valence-corrected chi connectivity index (χ3v) is 5.37. The largest absolute Gasteiger partial charge is 0.370 e. The van der Waals surface area contributed by atoms with Gasteiger partial charge in [0.1, 0.15) is 6.61 Å². The van der Waals surface area contributed by atoms with Crippen LogP contribution in [0.25, 0.3) is 0 Å². The molecule has 0 aliphatic carbocycles. The van der Waals surface area contributed by atoms with Crippen LogP contribution in [0.2, 0.25) is 4.34 Å². The smallest absolute Gasteiger partial charge is 0.340 e. The zero-order valence-corrected chi connectivity index (χ0v) is 17.4. The molecule has 4 amide bonds. The molecule has 0 unspecified atom stereocenters. The Morgan fingerprint density at radius 1 is 1.24 bits per heavy atom. The standard InChI is InChI=1S/C19H21ClN4O4S/c1-2-9-24(22-18(26)15-7-8-16(20)29-15)19(27)21-13-3-5-14(6-4-13)23-10-11-28-12-17(23)25/h3-8H,2,9-12H2,1H3,(H,21,27)(H,22,26). The predicted octanol–water partition coefficient (Wildman–Crippen LogP) is 3.35. The first-order valence-corrected chi connectivity index (χ1v) is 10.3. The van der Waals surface area contributed by atoms with Gasteiger partial charge in [-0.15, -0.1) is 11.3 Å². The maximum Gasteiger partial charge on any atom is 0.340 e. The number of hydrazine groups is 1. The summed E-state index contributed by atoms with van der Waals surface area (Å²) in [5.41, 5.74) is 3.89. The number of benzene rings is 1. The molecule has 3 rings (SSSR count). The van der Waals surface area contributed by atoms with Crippen molar-refractivity contribution in [2.75, 3.05) is 36.5 Å². The van der Waals surface area contributed by atoms with Crippen LogP contribution >= 0.6 is 22.9 Å². The van der Waals surface area contributed by atoms with E-state index in [1.165, 1.54) is 5.01 Å². The van der Waals surface area contributed by atoms with E-state index in [2.05, 4.69) is 10.7 Å². The van der Waals surface area contributed by atoms with Crippen molar-refractivity contribution in [2.45, 2.75) is 13.3 Å². The maximum absolute atomic E-state index is 12.6. The number of rotatable bonds is 5. The third kappa shape index (κ3) is 5.47. The number of carbonyl (C=O) groups excluding carboxylic acids is 3. The predicted molar refractivity (Wildman–Crippen MR) is 112 cm³/mol. The van der Waals surface area contributed by atoms with Gasteiger partial charge in [0.25, 0.3) is 11.8 Å². The van der Waals surface area contributed by atoms with Gasteiger partial charge in [0.05, 0.1) is 15.8 Å². The van der Waals surface area contributed by atoms with Gasteiger partial charge in [-0.3, -0.25) is 15.0 Å². The molecule has 0 radical (unpaired) electrons. The van der Waals surface area contributed by atoms with Crippen molar-refractivity contribution >= 4 is 52.2 Å². The van der Waals surface area contributed by atoms with Crippen LogP contribution in [-0.2, 0) is 9.53 Å². The summed E-state index contributed by atoms with van der Waals surface area (Å²) in [5, 5.41) is 3.98. The van der Waals surface area contributed by atoms with Gasteiger partial charge in [0, 0.05) is 24.5 Å². The summed E-state index contributed by atoms with van der Waals surface area (Å²) in [6.07, 6.45) is 0.664. The normalized spacial score (nSPS) is 13.9. The molecule has 2 aromatic rings. The molecular weight excluding hydrogens is 416 g/mol. The number of amides is 4. The Morgan fingerprint density at radius 2 is 2.00 bits per heavy atom. The SMILES string of the molecule is CCCN(NC(=O)c1ccc(Cl)s1)C(=O)Nc1ccc(N2CCOCC2=O)cc1. The fraction of sp³-hybridized carbons (Fsp3) is 0.316. The van der Waals surface area contributed by atoms with Crippen LogP contribution in [0.15, 0.2) is 36.4 Å². The van der Waals surface area contributed by atoms with Gasteiger partial charge in [-0.1, -0.05) is 18.5 Å². The van der Waals surface area contributed by atoms with Gasteiger partial charge in [-0.2, -0.15) is 0 Å². The Balaban J connectivity index is 1.63. The van der Waals surface area contributed by atoms with Gasteiger partial charge in [-0.05, 0) is 42.8 Å². The molecule has 1 aromatic carbocycles. The summed E-state index contributed by atoms with van der Waals surface area (Å²) in [4.78, 5) is 38.9. The molecule has 0 spiro atoms. The molecule has 2 heterocycles. The van der Waals surface area contributed by atoms with Crippen molar-refractivity contribution in [1.82, 2.24) is 10.4 Å². The van der Waals surface area contributed by atoms with Crippen molar-refractivity contribution in [2.24, 2.45) is 0 Å². The van der Waals surface area contributed by atoms with Gasteiger partial charge in [-0.25, -0.2) is 9.80 Å². The average molecular weight is 437 g/mol. The summed E-state index contributed by atoms with van der Waals surface area (Å²) in [6, 6.07) is 9.71. The second-order valence-corrected chi connectivity index (χ2v) is 7.99. The third-order valence-electron chi connectivity index (χ3n) is 4.14. The Kier molecular flexibility index (Phi) is 7.08. The number of halogens is 1. The number of nitrogens with zero attached hydrogens (tertiary/aromatic N) is 2. The molecule has 1 aromatic heterocycles. The van der Waals surface area contributed by atoms with Crippen LogP contribution in [0, 0.1) is 0 Å². The fourth-order valence-electron chi connectivity index (χ4n) is 2.75. The lowest BCUT2D eigenvalue weighted by Gasteiger charge is -2.27. The molecule has 0 bridgehead atoms. The molecular formula is C19H21ClN4O4S. The van der Waals surface area contributed by atoms with E-state index in [1.54, 1.807) is 41.3 Å². The van der Waals surface area contributed by atoms with E-state index >= 15 is 0 Å². The minimum absolute atomic E-state index is 0.0691. The number of urea groups is 1. The Bertz CT molecular complexity index is 887. The number of morpholine rings is 1. The number of hydrogen-bond donors (Lipinski definition) is 2. The van der Waals surface area contributed by atoms with Crippen LogP contribution in [0.5, 0.6) is 0 Å². The van der Waals surface area contributed by atoms with E-state index in [0.717, 1.165) is 17.0 Å². The van der Waals surface area contributed by atoms with E-state index < -0.39 is 11.9 Å². The summed E-state index contributed by atoms with van der Waals surface area (Å²) < 4.78 is 5.63. The van der Waals surface area contributed by atoms with Crippen LogP contribution in [0.1, 0.15) is 23.0 Å². The Hall–Kier alpha value is -2.62. The molecule has 0 saturated carbocycles. The zero-order valence-electron chi connectivity index (χ0n) is 15.8. The average Bonchev–Trinajstić information content (AvgIpc) is 3.15. The Labute approximate surface area is 177 Å². The lowest BCUT2D eigenvalue weighted by atomic mass is 10.2. The van der Waals surface area contributed by atoms with Crippen molar-refractivity contribution in [3.63, 3.8) is 0 Å². The molecule has 1 aliphatic heterocycles. The quantitative estimate of drug-likeness (QED) is 0.703. The lowest BCUT2D eigenvalue weighted by Crippen LogP contribution is -2.48. The van der Waals surface area contributed by atoms with Crippen molar-refractivity contribution < 1.29 is 19.1 Å². The highest BCUT2D eigenvalue weighted by Gasteiger charge is 2.21. The van der Waals surface area contributed by atoms with Crippen LogP contribution in [0.3, 0.4) is 0 Å². The molecule has 2 N–H and O–H groups in total. The lowest BCUT2D eigenvalue weighted by molar-refractivity contribution is -0.125. The summed E-state index contributed by atoms with van der Waals surface area (Å²) in [5.74, 6) is -0.495. The van der Waals surface area contributed by atoms with E-state index in [0.29, 0.717) is 41.0 Å². The molecule has 1 fully saturated rings. The van der Waals surface area contributed by atoms with Gasteiger partial charge >= 0.3 is 6.03 Å². The van der Waals surface area contributed by atoms with Crippen LogP contribution in [0.4, 0.5) is 16.2 Å². The highest BCUT2D eigenvalue weighted by Crippen LogP contribution is 2.22. The number of nitrogens with one attached hydrogen (secondary N) is 2. The second-order valence-electron chi connectivity index (χ2n) is 6.27. The second kappa shape index (κ2) is 9.73. The molecule has 10 heteroatoms. The number of anilines is 2. The van der Waals surface area contributed by atoms with Crippen molar-refractivity contribution in [3.05, 3.63) is 45.6 Å². The van der Waals surface area contributed by atoms with Gasteiger partial charge < -0.3 is 15.0 Å². The van der Waals surface area contributed by atoms with Crippen molar-refractivity contribution in [3.8, 4) is 0 Å². The van der Waals surface area contributed by atoms with Crippen LogP contribution in [-0.4, -0.2) is 49.2 Å². The highest BCUT2D eigenvalue weighted by atomic mass is 35.5. The molecule has 1 aliphatic rings. The monoisotopic (exact) mass is 436 g/mol. The molecule has 29 heavy (non-hydrogen) atoms. The number of ether oxygens (including phenoxy) is 1. The van der Waals surface area contributed by atoms with Crippen molar-refractivity contribution in [1.29, 1.82) is 0 Å². The summed E-state index contributed by atoms with van der Waals surface area (Å²) in [6.45, 7) is 3.30. The number of hydrogen-bond acceptors (Lipinski definition) is 5. The van der Waals surface area contributed by atoms with E-state index in [4.69, 9.17) is 16.3 Å². The first-order chi connectivity index (χ1) is 14.0. The molecule has 8 nitrogen and oxygen atoms in total. The van der Waals surface area contributed by atoms with E-state index in [1.807, 2.05) is 6.92 Å². The molecule has 154 valence electrons. The minimum atomic E-state index is -0.460. The summed E-state index contributed by atoms with van der Waals surface area (Å²) >= 11 is 7.00. The van der Waals surface area contributed by atoms with E-state index in [-0.39, 0.29) is 12.5 Å². The highest BCUT2D eigenvalue weighted by molar-refractivity contribution is 7.17. The molecule has 1 saturated heterocycles. The summed E-state index contributed by atoms with van der Waals surface area (Å²) in [7, 11) is 0. The minimum Gasteiger partial charge on any atom is -0.370 e.